The maximum atomic E-state index is 12.9. The molecule has 0 radical (unpaired) electrons. The lowest BCUT2D eigenvalue weighted by Gasteiger charge is -2.45. The summed E-state index contributed by atoms with van der Waals surface area (Å²) in [6, 6.07) is 7.63. The zero-order valence-electron chi connectivity index (χ0n) is 23.0. The van der Waals surface area contributed by atoms with Crippen molar-refractivity contribution in [1.29, 1.82) is 0 Å². The standard InChI is InChI=1S/C28H32O16/c1-39-16-4-10(2-3-12(16)31)15-7-14(33)20-13(32)5-11(6-17(20)41-15)40-28-26(24(37)22(35)19(9-30)43-28)44-27-25(38)23(36)21(34)18(8-29)42-27/h2-7,18-19,21-32,34-38H,8-9H2,1H3/t18?,19?,21-,22-,23+,24+,25?,26?,27+,28-/m1/s1. The number of rotatable bonds is 8. The third-order valence-electron chi connectivity index (χ3n) is 7.46. The van der Waals surface area contributed by atoms with Gasteiger partial charge in [-0.1, -0.05) is 0 Å². The number of phenolic OH excluding ortho intramolecular Hbond substituents is 2. The summed E-state index contributed by atoms with van der Waals surface area (Å²) in [5.41, 5.74) is -0.402. The van der Waals surface area contributed by atoms with Crippen molar-refractivity contribution >= 4 is 11.0 Å². The van der Waals surface area contributed by atoms with Crippen LogP contribution in [0.4, 0.5) is 0 Å². The smallest absolute Gasteiger partial charge is 0.229 e. The molecule has 2 aliphatic rings. The predicted octanol–water partition coefficient (Wildman–Crippen LogP) is -2.12. The number of fused-ring (bicyclic) bond motifs is 1. The summed E-state index contributed by atoms with van der Waals surface area (Å²) >= 11 is 0. The number of hydrogen-bond donors (Lipinski definition) is 9. The molecule has 0 bridgehead atoms. The molecule has 16 heteroatoms. The maximum absolute atomic E-state index is 12.9. The Morgan fingerprint density at radius 3 is 2.09 bits per heavy atom. The van der Waals surface area contributed by atoms with Gasteiger partial charge in [0.2, 0.25) is 6.29 Å². The van der Waals surface area contributed by atoms with Crippen molar-refractivity contribution in [3.05, 3.63) is 46.6 Å². The Morgan fingerprint density at radius 2 is 1.43 bits per heavy atom. The zero-order valence-corrected chi connectivity index (χ0v) is 23.0. The van der Waals surface area contributed by atoms with Crippen LogP contribution in [0.25, 0.3) is 22.3 Å². The van der Waals surface area contributed by atoms with E-state index in [0.29, 0.717) is 5.56 Å². The molecule has 2 fully saturated rings. The highest BCUT2D eigenvalue weighted by Gasteiger charge is 2.51. The second-order valence-electron chi connectivity index (χ2n) is 10.3. The number of ether oxygens (including phenoxy) is 5. The van der Waals surface area contributed by atoms with E-state index in [1.165, 1.54) is 31.4 Å². The Balaban J connectivity index is 1.48. The minimum atomic E-state index is -1.87. The van der Waals surface area contributed by atoms with E-state index >= 15 is 0 Å². The quantitative estimate of drug-likeness (QED) is 0.130. The summed E-state index contributed by atoms with van der Waals surface area (Å²) in [4.78, 5) is 12.9. The Bertz CT molecular complexity index is 1520. The number of phenols is 2. The molecule has 0 amide bonds. The van der Waals surface area contributed by atoms with Gasteiger partial charge in [0.05, 0.1) is 20.3 Å². The number of aromatic hydroxyl groups is 2. The average molecular weight is 625 g/mol. The first kappa shape index (κ1) is 31.9. The van der Waals surface area contributed by atoms with Crippen LogP contribution in [0.2, 0.25) is 0 Å². The van der Waals surface area contributed by atoms with Gasteiger partial charge in [-0.05, 0) is 18.2 Å². The van der Waals surface area contributed by atoms with Crippen LogP contribution in [0, 0.1) is 0 Å². The van der Waals surface area contributed by atoms with Crippen molar-refractivity contribution in [2.75, 3.05) is 20.3 Å². The Morgan fingerprint density at radius 1 is 0.773 bits per heavy atom. The molecule has 10 atom stereocenters. The normalized spacial score (nSPS) is 32.5. The van der Waals surface area contributed by atoms with Gasteiger partial charge in [-0.3, -0.25) is 4.79 Å². The summed E-state index contributed by atoms with van der Waals surface area (Å²) in [6.45, 7) is -1.52. The van der Waals surface area contributed by atoms with Gasteiger partial charge in [0.25, 0.3) is 0 Å². The molecule has 16 nitrogen and oxygen atoms in total. The van der Waals surface area contributed by atoms with E-state index < -0.39 is 85.8 Å². The lowest BCUT2D eigenvalue weighted by atomic mass is 9.97. The lowest BCUT2D eigenvalue weighted by molar-refractivity contribution is -0.357. The van der Waals surface area contributed by atoms with Gasteiger partial charge >= 0.3 is 0 Å². The first-order valence-electron chi connectivity index (χ1n) is 13.4. The second kappa shape index (κ2) is 12.8. The fourth-order valence-electron chi connectivity index (χ4n) is 5.05. The molecule has 44 heavy (non-hydrogen) atoms. The molecule has 1 aromatic heterocycles. The van der Waals surface area contributed by atoms with E-state index in [4.69, 9.17) is 28.1 Å². The SMILES string of the molecule is COc1cc(-c2cc(=O)c3c(O)cc(O[C@@H]4OC(CO)[C@@H](O)[C@H](O)C4O[C@@H]4OC(CO)[C@@H](O)[C@H](O)C4O)cc3o2)ccc1O. The lowest BCUT2D eigenvalue weighted by Crippen LogP contribution is -2.65. The summed E-state index contributed by atoms with van der Waals surface area (Å²) in [5, 5.41) is 91.5. The van der Waals surface area contributed by atoms with Crippen LogP contribution < -0.4 is 14.9 Å². The van der Waals surface area contributed by atoms with E-state index in [1.807, 2.05) is 0 Å². The van der Waals surface area contributed by atoms with E-state index in [2.05, 4.69) is 0 Å². The summed E-state index contributed by atoms with van der Waals surface area (Å²) in [6.07, 6.45) is -16.8. The second-order valence-corrected chi connectivity index (χ2v) is 10.3. The molecule has 0 saturated carbocycles. The van der Waals surface area contributed by atoms with Crippen molar-refractivity contribution in [1.82, 2.24) is 0 Å². The highest BCUT2D eigenvalue weighted by molar-refractivity contribution is 5.86. The largest absolute Gasteiger partial charge is 0.507 e. The predicted molar refractivity (Wildman–Crippen MR) is 145 cm³/mol. The van der Waals surface area contributed by atoms with E-state index in [9.17, 15) is 50.8 Å². The fraction of sp³-hybridized carbons (Fsp3) is 0.464. The topological polar surface area (TPSA) is 258 Å². The van der Waals surface area contributed by atoms with Gasteiger partial charge in [-0.25, -0.2) is 0 Å². The number of aliphatic hydroxyl groups is 7. The zero-order chi connectivity index (χ0) is 31.9. The molecule has 0 spiro atoms. The first-order chi connectivity index (χ1) is 21.0. The maximum Gasteiger partial charge on any atom is 0.229 e. The molecule has 2 saturated heterocycles. The van der Waals surface area contributed by atoms with Crippen LogP contribution in [0.1, 0.15) is 0 Å². The minimum absolute atomic E-state index is 0.0500. The molecule has 0 aliphatic carbocycles. The van der Waals surface area contributed by atoms with E-state index in [-0.39, 0.29) is 34.0 Å². The van der Waals surface area contributed by atoms with Crippen molar-refractivity contribution in [2.45, 2.75) is 61.4 Å². The van der Waals surface area contributed by atoms with Gasteiger partial charge < -0.3 is 74.1 Å². The molecule has 2 aromatic carbocycles. The minimum Gasteiger partial charge on any atom is -0.507 e. The van der Waals surface area contributed by atoms with Crippen molar-refractivity contribution < 1.29 is 74.1 Å². The van der Waals surface area contributed by atoms with Crippen molar-refractivity contribution in [3.8, 4) is 34.3 Å². The van der Waals surface area contributed by atoms with Crippen molar-refractivity contribution in [2.24, 2.45) is 0 Å². The van der Waals surface area contributed by atoms with E-state index in [0.717, 1.165) is 12.1 Å². The molecular formula is C28H32O16. The van der Waals surface area contributed by atoms with Crippen LogP contribution in [-0.2, 0) is 14.2 Å². The number of benzene rings is 2. The molecule has 3 heterocycles. The summed E-state index contributed by atoms with van der Waals surface area (Å²) in [7, 11) is 1.34. The molecule has 5 rings (SSSR count). The van der Waals surface area contributed by atoms with Gasteiger partial charge in [0.15, 0.2) is 29.3 Å². The number of aliphatic hydroxyl groups excluding tert-OH is 7. The van der Waals surface area contributed by atoms with Gasteiger partial charge in [0, 0.05) is 23.8 Å². The third-order valence-corrected chi connectivity index (χ3v) is 7.46. The summed E-state index contributed by atoms with van der Waals surface area (Å²) < 4.78 is 33.4. The van der Waals surface area contributed by atoms with Crippen LogP contribution in [0.5, 0.6) is 23.0 Å². The van der Waals surface area contributed by atoms with Crippen LogP contribution in [0.3, 0.4) is 0 Å². The van der Waals surface area contributed by atoms with Gasteiger partial charge in [-0.15, -0.1) is 0 Å². The van der Waals surface area contributed by atoms with E-state index in [1.54, 1.807) is 0 Å². The molecule has 4 unspecified atom stereocenters. The van der Waals surface area contributed by atoms with Crippen molar-refractivity contribution in [3.63, 3.8) is 0 Å². The molecule has 240 valence electrons. The number of hydrogen-bond acceptors (Lipinski definition) is 16. The highest BCUT2D eigenvalue weighted by Crippen LogP contribution is 2.36. The van der Waals surface area contributed by atoms with Crippen LogP contribution >= 0.6 is 0 Å². The highest BCUT2D eigenvalue weighted by atomic mass is 16.8. The fourth-order valence-corrected chi connectivity index (χ4v) is 5.05. The molecular weight excluding hydrogens is 592 g/mol. The Hall–Kier alpha value is -3.55. The average Bonchev–Trinajstić information content (AvgIpc) is 3.00. The first-order valence-corrected chi connectivity index (χ1v) is 13.4. The monoisotopic (exact) mass is 624 g/mol. The number of methoxy groups -OCH3 is 1. The summed E-state index contributed by atoms with van der Waals surface area (Å²) in [5.74, 6) is -0.721. The molecule has 3 aromatic rings. The van der Waals surface area contributed by atoms with Gasteiger partial charge in [-0.2, -0.15) is 0 Å². The Kier molecular flexibility index (Phi) is 9.28. The van der Waals surface area contributed by atoms with Crippen LogP contribution in [-0.4, -0.2) is 128 Å². The third kappa shape index (κ3) is 5.92. The van der Waals surface area contributed by atoms with Gasteiger partial charge in [0.1, 0.15) is 71.0 Å². The molecule has 2 aliphatic heterocycles. The van der Waals surface area contributed by atoms with Crippen LogP contribution in [0.15, 0.2) is 45.6 Å². The Labute approximate surface area is 248 Å². The molecule has 9 N–H and O–H groups in total.